The quantitative estimate of drug-likeness (QED) is 0.839. The molecule has 2 atom stereocenters. The first-order chi connectivity index (χ1) is 10.5. The minimum atomic E-state index is -0.535. The summed E-state index contributed by atoms with van der Waals surface area (Å²) in [5.74, 6) is 0.149. The molecule has 2 rings (SSSR count). The van der Waals surface area contributed by atoms with Crippen molar-refractivity contribution in [1.82, 2.24) is 10.2 Å². The highest BCUT2D eigenvalue weighted by molar-refractivity contribution is 7.12. The summed E-state index contributed by atoms with van der Waals surface area (Å²) >= 11 is 1.39. The molecule has 6 heteroatoms. The van der Waals surface area contributed by atoms with Crippen LogP contribution in [0.15, 0.2) is 17.5 Å². The summed E-state index contributed by atoms with van der Waals surface area (Å²) in [7, 11) is 0. The maximum atomic E-state index is 12.4. The van der Waals surface area contributed by atoms with Crippen LogP contribution in [-0.2, 0) is 4.79 Å². The Hall–Kier alpha value is -1.40. The second-order valence-electron chi connectivity index (χ2n) is 6.16. The van der Waals surface area contributed by atoms with Gasteiger partial charge in [0.2, 0.25) is 5.91 Å². The molecule has 0 aliphatic carbocycles. The zero-order valence-corrected chi connectivity index (χ0v) is 13.9. The van der Waals surface area contributed by atoms with Crippen molar-refractivity contribution in [3.63, 3.8) is 0 Å². The summed E-state index contributed by atoms with van der Waals surface area (Å²) in [6.07, 6.45) is 1.64. The fourth-order valence-corrected chi connectivity index (χ4v) is 3.47. The minimum Gasteiger partial charge on any atom is -0.391 e. The van der Waals surface area contributed by atoms with Gasteiger partial charge in [0, 0.05) is 13.1 Å². The van der Waals surface area contributed by atoms with Gasteiger partial charge in [-0.15, -0.1) is 11.3 Å². The molecule has 1 aliphatic rings. The molecule has 22 heavy (non-hydrogen) atoms. The van der Waals surface area contributed by atoms with Crippen LogP contribution in [0, 0.1) is 5.92 Å². The van der Waals surface area contributed by atoms with E-state index in [0.717, 1.165) is 6.42 Å². The molecule has 0 saturated carbocycles. The Morgan fingerprint density at radius 1 is 1.50 bits per heavy atom. The molecule has 1 aromatic rings. The molecule has 1 unspecified atom stereocenters. The molecule has 122 valence electrons. The Labute approximate surface area is 135 Å². The smallest absolute Gasteiger partial charge is 0.264 e. The number of likely N-dealkylation sites (tertiary alicyclic amines) is 1. The van der Waals surface area contributed by atoms with Gasteiger partial charge in [-0.2, -0.15) is 0 Å². The zero-order chi connectivity index (χ0) is 16.1. The SMILES string of the molecule is CC(C)CC(O)CNC(=O)[C@@H]1CCCN1C(=O)c1cccs1. The maximum absolute atomic E-state index is 12.4. The summed E-state index contributed by atoms with van der Waals surface area (Å²) in [5.41, 5.74) is 0. The number of nitrogens with one attached hydrogen (secondary N) is 1. The van der Waals surface area contributed by atoms with Crippen molar-refractivity contribution in [2.45, 2.75) is 45.3 Å². The number of rotatable bonds is 6. The van der Waals surface area contributed by atoms with Crippen molar-refractivity contribution < 1.29 is 14.7 Å². The van der Waals surface area contributed by atoms with Crippen molar-refractivity contribution in [3.8, 4) is 0 Å². The third kappa shape index (κ3) is 4.30. The van der Waals surface area contributed by atoms with Crippen LogP contribution in [0.1, 0.15) is 42.8 Å². The second kappa shape index (κ2) is 7.74. The van der Waals surface area contributed by atoms with E-state index >= 15 is 0 Å². The molecule has 0 aromatic carbocycles. The van der Waals surface area contributed by atoms with E-state index < -0.39 is 12.1 Å². The molecule has 2 heterocycles. The monoisotopic (exact) mass is 324 g/mol. The van der Waals surface area contributed by atoms with Crippen molar-refractivity contribution in [2.75, 3.05) is 13.1 Å². The number of amides is 2. The van der Waals surface area contributed by atoms with Crippen LogP contribution in [0.5, 0.6) is 0 Å². The largest absolute Gasteiger partial charge is 0.391 e. The molecule has 2 N–H and O–H groups in total. The highest BCUT2D eigenvalue weighted by Crippen LogP contribution is 2.22. The van der Waals surface area contributed by atoms with Crippen LogP contribution in [0.2, 0.25) is 0 Å². The Morgan fingerprint density at radius 2 is 2.27 bits per heavy atom. The third-order valence-corrected chi connectivity index (χ3v) is 4.66. The lowest BCUT2D eigenvalue weighted by atomic mass is 10.1. The predicted octanol–water partition coefficient (Wildman–Crippen LogP) is 1.88. The lowest BCUT2D eigenvalue weighted by Gasteiger charge is -2.24. The first-order valence-corrected chi connectivity index (χ1v) is 8.67. The van der Waals surface area contributed by atoms with Gasteiger partial charge in [0.1, 0.15) is 6.04 Å². The molecule has 1 fully saturated rings. The number of hydrogen-bond donors (Lipinski definition) is 2. The van der Waals surface area contributed by atoms with Gasteiger partial charge in [0.25, 0.3) is 5.91 Å². The van der Waals surface area contributed by atoms with E-state index in [2.05, 4.69) is 5.32 Å². The molecule has 0 radical (unpaired) electrons. The molecule has 1 aromatic heterocycles. The van der Waals surface area contributed by atoms with Gasteiger partial charge in [0.15, 0.2) is 0 Å². The lowest BCUT2D eigenvalue weighted by Crippen LogP contribution is -2.47. The number of thiophene rings is 1. The van der Waals surface area contributed by atoms with Crippen LogP contribution in [0.25, 0.3) is 0 Å². The number of aliphatic hydroxyl groups is 1. The Balaban J connectivity index is 1.90. The average molecular weight is 324 g/mol. The number of carbonyl (C=O) groups excluding carboxylic acids is 2. The van der Waals surface area contributed by atoms with Crippen molar-refractivity contribution in [2.24, 2.45) is 5.92 Å². The van der Waals surface area contributed by atoms with Crippen molar-refractivity contribution in [3.05, 3.63) is 22.4 Å². The van der Waals surface area contributed by atoms with E-state index in [0.29, 0.717) is 30.2 Å². The fraction of sp³-hybridized carbons (Fsp3) is 0.625. The van der Waals surface area contributed by atoms with Crippen molar-refractivity contribution in [1.29, 1.82) is 0 Å². The topological polar surface area (TPSA) is 69.6 Å². The minimum absolute atomic E-state index is 0.0737. The Bertz CT molecular complexity index is 501. The molecular weight excluding hydrogens is 300 g/mol. The van der Waals surface area contributed by atoms with E-state index in [1.165, 1.54) is 11.3 Å². The van der Waals surface area contributed by atoms with Crippen LogP contribution >= 0.6 is 11.3 Å². The highest BCUT2D eigenvalue weighted by Gasteiger charge is 2.34. The van der Waals surface area contributed by atoms with Gasteiger partial charge >= 0.3 is 0 Å². The normalized spacial score (nSPS) is 19.5. The molecule has 1 saturated heterocycles. The third-order valence-electron chi connectivity index (χ3n) is 3.80. The van der Waals surface area contributed by atoms with Crippen LogP contribution in [0.4, 0.5) is 0 Å². The number of carbonyl (C=O) groups is 2. The second-order valence-corrected chi connectivity index (χ2v) is 7.11. The molecule has 1 aliphatic heterocycles. The van der Waals surface area contributed by atoms with E-state index in [-0.39, 0.29) is 18.4 Å². The van der Waals surface area contributed by atoms with E-state index in [9.17, 15) is 14.7 Å². The van der Waals surface area contributed by atoms with E-state index in [1.807, 2.05) is 25.3 Å². The molecule has 0 bridgehead atoms. The lowest BCUT2D eigenvalue weighted by molar-refractivity contribution is -0.125. The highest BCUT2D eigenvalue weighted by atomic mass is 32.1. The average Bonchev–Trinajstić information content (AvgIpc) is 3.13. The Kier molecular flexibility index (Phi) is 5.97. The standard InChI is InChI=1S/C16H24N2O3S/c1-11(2)9-12(19)10-17-15(20)13-5-3-7-18(13)16(21)14-6-4-8-22-14/h4,6,8,11-13,19H,3,5,7,9-10H2,1-2H3,(H,17,20)/t12?,13-/m0/s1. The zero-order valence-electron chi connectivity index (χ0n) is 13.1. The number of hydrogen-bond acceptors (Lipinski definition) is 4. The van der Waals surface area contributed by atoms with Gasteiger partial charge in [-0.25, -0.2) is 0 Å². The maximum Gasteiger partial charge on any atom is 0.264 e. The predicted molar refractivity (Wildman–Crippen MR) is 86.8 cm³/mol. The Morgan fingerprint density at radius 3 is 2.91 bits per heavy atom. The first-order valence-electron chi connectivity index (χ1n) is 7.79. The van der Waals surface area contributed by atoms with Gasteiger partial charge in [-0.05, 0) is 36.6 Å². The summed E-state index contributed by atoms with van der Waals surface area (Å²) in [6, 6.07) is 3.21. The van der Waals surface area contributed by atoms with Gasteiger partial charge < -0.3 is 15.3 Å². The molecular formula is C16H24N2O3S. The molecule has 0 spiro atoms. The summed E-state index contributed by atoms with van der Waals surface area (Å²) in [5, 5.41) is 14.5. The van der Waals surface area contributed by atoms with E-state index in [4.69, 9.17) is 0 Å². The van der Waals surface area contributed by atoms with Crippen LogP contribution in [0.3, 0.4) is 0 Å². The first kappa shape index (κ1) is 17.0. The van der Waals surface area contributed by atoms with Crippen molar-refractivity contribution >= 4 is 23.2 Å². The van der Waals surface area contributed by atoms with Crippen LogP contribution in [-0.4, -0.2) is 47.1 Å². The van der Waals surface area contributed by atoms with Gasteiger partial charge in [0.05, 0.1) is 11.0 Å². The summed E-state index contributed by atoms with van der Waals surface area (Å²) in [6.45, 7) is 4.92. The summed E-state index contributed by atoms with van der Waals surface area (Å²) in [4.78, 5) is 27.0. The number of nitrogens with zero attached hydrogens (tertiary/aromatic N) is 1. The number of aliphatic hydroxyl groups excluding tert-OH is 1. The molecule has 2 amide bonds. The molecule has 5 nitrogen and oxygen atoms in total. The van der Waals surface area contributed by atoms with Gasteiger partial charge in [-0.1, -0.05) is 19.9 Å². The van der Waals surface area contributed by atoms with Gasteiger partial charge in [-0.3, -0.25) is 9.59 Å². The summed E-state index contributed by atoms with van der Waals surface area (Å²) < 4.78 is 0. The van der Waals surface area contributed by atoms with Crippen LogP contribution < -0.4 is 5.32 Å². The van der Waals surface area contributed by atoms with E-state index in [1.54, 1.807) is 11.0 Å². The fourth-order valence-electron chi connectivity index (χ4n) is 2.79.